The van der Waals surface area contributed by atoms with Gasteiger partial charge in [0.15, 0.2) is 0 Å². The highest BCUT2D eigenvalue weighted by Gasteiger charge is 2.13. The van der Waals surface area contributed by atoms with Crippen LogP contribution in [-0.4, -0.2) is 14.3 Å². The zero-order valence-corrected chi connectivity index (χ0v) is 11.1. The Hall–Kier alpha value is -1.77. The van der Waals surface area contributed by atoms with Crippen molar-refractivity contribution in [1.29, 1.82) is 0 Å². The number of anilines is 1. The summed E-state index contributed by atoms with van der Waals surface area (Å²) in [6, 6.07) is 6.20. The second kappa shape index (κ2) is 5.08. The van der Waals surface area contributed by atoms with E-state index in [-0.39, 0.29) is 5.69 Å². The number of sulfonamides is 1. The summed E-state index contributed by atoms with van der Waals surface area (Å²) < 4.78 is 35.6. The number of benzene rings is 1. The van der Waals surface area contributed by atoms with Crippen LogP contribution in [-0.2, 0) is 10.0 Å². The van der Waals surface area contributed by atoms with Gasteiger partial charge in [0.2, 0.25) is 10.0 Å². The van der Waals surface area contributed by atoms with Crippen molar-refractivity contribution in [3.63, 3.8) is 0 Å². The first-order valence-electron chi connectivity index (χ1n) is 5.04. The lowest BCUT2D eigenvalue weighted by Gasteiger charge is -2.06. The van der Waals surface area contributed by atoms with Gasteiger partial charge in [-0.2, -0.15) is 0 Å². The van der Waals surface area contributed by atoms with Crippen molar-refractivity contribution in [3.05, 3.63) is 46.4 Å². The van der Waals surface area contributed by atoms with Crippen molar-refractivity contribution in [3.8, 4) is 0 Å². The summed E-state index contributed by atoms with van der Waals surface area (Å²) in [5, 5.41) is 9.04. The van der Waals surface area contributed by atoms with Crippen LogP contribution in [0.4, 0.5) is 10.1 Å². The zero-order chi connectivity index (χ0) is 14.0. The number of carbonyl (C=O) groups excluding carboxylic acids is 1. The molecule has 0 radical (unpaired) electrons. The average Bonchev–Trinajstić information content (AvgIpc) is 2.80. The number of nitrogens with two attached hydrogens (primary N) is 1. The fourth-order valence-corrected chi connectivity index (χ4v) is 2.59. The zero-order valence-electron chi connectivity index (χ0n) is 9.46. The molecular formula is C11H9FN2O3S2. The fraction of sp³-hybridized carbons (Fsp3) is 0. The topological polar surface area (TPSA) is 89.3 Å². The number of hydrogen-bond acceptors (Lipinski definition) is 4. The van der Waals surface area contributed by atoms with E-state index < -0.39 is 26.6 Å². The molecule has 19 heavy (non-hydrogen) atoms. The molecule has 0 saturated carbocycles. The Labute approximate surface area is 112 Å². The molecule has 0 bridgehead atoms. The molecule has 3 N–H and O–H groups in total. The third kappa shape index (κ3) is 3.37. The highest BCUT2D eigenvalue weighted by Crippen LogP contribution is 2.19. The highest BCUT2D eigenvalue weighted by molar-refractivity contribution is 7.89. The minimum atomic E-state index is -4.03. The Balaban J connectivity index is 2.31. The van der Waals surface area contributed by atoms with Gasteiger partial charge in [0.05, 0.1) is 9.77 Å². The predicted molar refractivity (Wildman–Crippen MR) is 70.0 cm³/mol. The highest BCUT2D eigenvalue weighted by atomic mass is 32.2. The van der Waals surface area contributed by atoms with E-state index in [0.717, 1.165) is 18.2 Å². The van der Waals surface area contributed by atoms with Crippen LogP contribution >= 0.6 is 11.3 Å². The summed E-state index contributed by atoms with van der Waals surface area (Å²) in [6.07, 6.45) is 0. The Morgan fingerprint density at radius 3 is 2.63 bits per heavy atom. The third-order valence-electron chi connectivity index (χ3n) is 2.20. The maximum Gasteiger partial charge on any atom is 0.265 e. The maximum atomic E-state index is 13.3. The second-order valence-electron chi connectivity index (χ2n) is 3.65. The molecule has 2 rings (SSSR count). The van der Waals surface area contributed by atoms with Crippen LogP contribution in [0.25, 0.3) is 0 Å². The van der Waals surface area contributed by atoms with Gasteiger partial charge in [-0.25, -0.2) is 17.9 Å². The Morgan fingerprint density at radius 2 is 2.05 bits per heavy atom. The van der Waals surface area contributed by atoms with Gasteiger partial charge in [0.1, 0.15) is 5.82 Å². The normalized spacial score (nSPS) is 11.3. The van der Waals surface area contributed by atoms with Gasteiger partial charge in [0, 0.05) is 5.69 Å². The molecule has 0 fully saturated rings. The van der Waals surface area contributed by atoms with E-state index in [1.165, 1.54) is 11.3 Å². The van der Waals surface area contributed by atoms with Gasteiger partial charge < -0.3 is 5.32 Å². The number of primary sulfonamides is 1. The van der Waals surface area contributed by atoms with Crippen molar-refractivity contribution < 1.29 is 17.6 Å². The van der Waals surface area contributed by atoms with Gasteiger partial charge in [-0.3, -0.25) is 4.79 Å². The van der Waals surface area contributed by atoms with Gasteiger partial charge in [-0.1, -0.05) is 6.07 Å². The summed E-state index contributed by atoms with van der Waals surface area (Å²) in [5.41, 5.74) is 0.0300. The first kappa shape index (κ1) is 13.7. The molecule has 0 saturated heterocycles. The Morgan fingerprint density at radius 1 is 1.32 bits per heavy atom. The lowest BCUT2D eigenvalue weighted by atomic mass is 10.3. The molecule has 0 aliphatic rings. The average molecular weight is 300 g/mol. The molecule has 0 aliphatic heterocycles. The second-order valence-corrected chi connectivity index (χ2v) is 6.16. The number of carbonyl (C=O) groups is 1. The summed E-state index contributed by atoms with van der Waals surface area (Å²) in [6.45, 7) is 0. The summed E-state index contributed by atoms with van der Waals surface area (Å²) in [5.74, 6) is -1.24. The van der Waals surface area contributed by atoms with E-state index >= 15 is 0 Å². The molecule has 0 aliphatic carbocycles. The lowest BCUT2D eigenvalue weighted by Crippen LogP contribution is -2.14. The van der Waals surface area contributed by atoms with Crippen LogP contribution in [0, 0.1) is 5.82 Å². The minimum absolute atomic E-state index is 0.0300. The summed E-state index contributed by atoms with van der Waals surface area (Å²) in [4.78, 5) is 11.8. The molecular weight excluding hydrogens is 291 g/mol. The monoisotopic (exact) mass is 300 g/mol. The van der Waals surface area contributed by atoms with Crippen LogP contribution < -0.4 is 10.5 Å². The van der Waals surface area contributed by atoms with E-state index in [4.69, 9.17) is 5.14 Å². The van der Waals surface area contributed by atoms with E-state index in [9.17, 15) is 17.6 Å². The van der Waals surface area contributed by atoms with E-state index in [2.05, 4.69) is 5.32 Å². The molecule has 2 aromatic rings. The summed E-state index contributed by atoms with van der Waals surface area (Å²) in [7, 11) is -4.03. The third-order valence-corrected chi connectivity index (χ3v) is 3.96. The predicted octanol–water partition coefficient (Wildman–Crippen LogP) is 1.79. The van der Waals surface area contributed by atoms with Gasteiger partial charge in [-0.15, -0.1) is 11.3 Å². The number of thiophene rings is 1. The van der Waals surface area contributed by atoms with Crippen LogP contribution in [0.2, 0.25) is 0 Å². The molecule has 0 unspecified atom stereocenters. The van der Waals surface area contributed by atoms with Crippen molar-refractivity contribution in [1.82, 2.24) is 0 Å². The summed E-state index contributed by atoms with van der Waals surface area (Å²) >= 11 is 1.22. The van der Waals surface area contributed by atoms with Crippen molar-refractivity contribution in [2.45, 2.75) is 4.90 Å². The van der Waals surface area contributed by atoms with Crippen molar-refractivity contribution in [2.75, 3.05) is 5.32 Å². The van der Waals surface area contributed by atoms with Gasteiger partial charge in [-0.05, 0) is 29.6 Å². The molecule has 100 valence electrons. The van der Waals surface area contributed by atoms with Crippen LogP contribution in [0.3, 0.4) is 0 Å². The quantitative estimate of drug-likeness (QED) is 0.905. The number of rotatable bonds is 3. The largest absolute Gasteiger partial charge is 0.321 e. The van der Waals surface area contributed by atoms with Crippen LogP contribution in [0.15, 0.2) is 40.6 Å². The number of halogens is 1. The van der Waals surface area contributed by atoms with E-state index in [1.807, 2.05) is 0 Å². The van der Waals surface area contributed by atoms with Crippen LogP contribution in [0.1, 0.15) is 9.67 Å². The van der Waals surface area contributed by atoms with E-state index in [0.29, 0.717) is 4.88 Å². The number of hydrogen-bond donors (Lipinski definition) is 2. The number of nitrogens with one attached hydrogen (secondary N) is 1. The standard InChI is InChI=1S/C11H9FN2O3S2/c12-7-4-8(6-9(5-7)19(13,16)17)14-11(15)10-2-1-3-18-10/h1-6H,(H,14,15)(H2,13,16,17). The molecule has 5 nitrogen and oxygen atoms in total. The van der Waals surface area contributed by atoms with E-state index in [1.54, 1.807) is 17.5 Å². The van der Waals surface area contributed by atoms with Crippen LogP contribution in [0.5, 0.6) is 0 Å². The first-order valence-corrected chi connectivity index (χ1v) is 7.47. The molecule has 0 atom stereocenters. The Bertz CT molecular complexity index is 712. The van der Waals surface area contributed by atoms with Crippen molar-refractivity contribution >= 4 is 33.0 Å². The lowest BCUT2D eigenvalue weighted by molar-refractivity contribution is 0.103. The maximum absolute atomic E-state index is 13.3. The van der Waals surface area contributed by atoms with Crippen molar-refractivity contribution in [2.24, 2.45) is 5.14 Å². The SMILES string of the molecule is NS(=O)(=O)c1cc(F)cc(NC(=O)c2cccs2)c1. The van der Waals surface area contributed by atoms with Gasteiger partial charge in [0.25, 0.3) is 5.91 Å². The smallest absolute Gasteiger partial charge is 0.265 e. The molecule has 1 aromatic heterocycles. The number of amides is 1. The molecule has 1 aromatic carbocycles. The minimum Gasteiger partial charge on any atom is -0.321 e. The van der Waals surface area contributed by atoms with Gasteiger partial charge >= 0.3 is 0 Å². The molecule has 8 heteroatoms. The Kier molecular flexibility index (Phi) is 3.65. The fourth-order valence-electron chi connectivity index (χ4n) is 1.40. The molecule has 1 amide bonds. The molecule has 0 spiro atoms. The first-order chi connectivity index (χ1) is 8.86. The molecule has 1 heterocycles.